The van der Waals surface area contributed by atoms with Crippen LogP contribution in [0, 0.1) is 6.92 Å². The Balaban J connectivity index is 1.57. The van der Waals surface area contributed by atoms with E-state index in [2.05, 4.69) is 16.7 Å². The largest absolute Gasteiger partial charge is 0.353 e. The third-order valence-electron chi connectivity index (χ3n) is 7.22. The lowest BCUT2D eigenvalue weighted by molar-refractivity contribution is -0.124. The quantitative estimate of drug-likeness (QED) is 0.472. The van der Waals surface area contributed by atoms with Gasteiger partial charge in [0.1, 0.15) is 15.8 Å². The van der Waals surface area contributed by atoms with Crippen LogP contribution < -0.4 is 10.5 Å². The van der Waals surface area contributed by atoms with Gasteiger partial charge < -0.3 is 9.80 Å². The van der Waals surface area contributed by atoms with Crippen LogP contribution in [0.5, 0.6) is 0 Å². The maximum Gasteiger partial charge on any atom is 0.267 e. The van der Waals surface area contributed by atoms with Crippen molar-refractivity contribution in [2.75, 3.05) is 37.6 Å². The normalized spacial score (nSPS) is 21.9. The number of fused-ring (bicyclic) bond motifs is 1. The number of carbonyl (C=O) groups excluding carboxylic acids is 1. The van der Waals surface area contributed by atoms with E-state index in [1.807, 2.05) is 19.1 Å². The molecular formula is C25H31N5O2S2. The molecule has 9 heteroatoms. The Bertz CT molecular complexity index is 1210. The van der Waals surface area contributed by atoms with Crippen LogP contribution in [0.3, 0.4) is 0 Å². The molecule has 1 amide bonds. The van der Waals surface area contributed by atoms with E-state index in [1.165, 1.54) is 18.2 Å². The lowest BCUT2D eigenvalue weighted by Gasteiger charge is -2.35. The van der Waals surface area contributed by atoms with Crippen molar-refractivity contribution in [3.05, 3.63) is 44.7 Å². The van der Waals surface area contributed by atoms with Gasteiger partial charge in [-0.2, -0.15) is 0 Å². The Morgan fingerprint density at radius 1 is 1.15 bits per heavy atom. The number of rotatable bonds is 4. The van der Waals surface area contributed by atoms with Crippen LogP contribution >= 0.6 is 24.0 Å². The van der Waals surface area contributed by atoms with Gasteiger partial charge >= 0.3 is 0 Å². The molecule has 0 aromatic carbocycles. The summed E-state index contributed by atoms with van der Waals surface area (Å²) in [6, 6.07) is 4.00. The molecule has 2 aliphatic heterocycles. The first-order valence-electron chi connectivity index (χ1n) is 12.2. The Kier molecular flexibility index (Phi) is 6.77. The van der Waals surface area contributed by atoms with E-state index >= 15 is 0 Å². The molecule has 0 atom stereocenters. The molecule has 2 saturated heterocycles. The van der Waals surface area contributed by atoms with E-state index in [0.717, 1.165) is 64.0 Å². The summed E-state index contributed by atoms with van der Waals surface area (Å²) < 4.78 is 2.19. The molecule has 3 fully saturated rings. The lowest BCUT2D eigenvalue weighted by atomic mass is 9.94. The highest BCUT2D eigenvalue weighted by molar-refractivity contribution is 8.26. The number of thiocarbonyl (C=S) groups is 1. The van der Waals surface area contributed by atoms with Crippen molar-refractivity contribution in [3.63, 3.8) is 0 Å². The highest BCUT2D eigenvalue weighted by Crippen LogP contribution is 2.38. The second kappa shape index (κ2) is 9.79. The number of carbonyl (C=O) groups is 1. The summed E-state index contributed by atoms with van der Waals surface area (Å²) in [5.41, 5.74) is 1.93. The van der Waals surface area contributed by atoms with Crippen molar-refractivity contribution in [2.45, 2.75) is 52.0 Å². The molecule has 5 rings (SSSR count). The molecule has 1 aliphatic carbocycles. The van der Waals surface area contributed by atoms with Gasteiger partial charge in [0.2, 0.25) is 0 Å². The predicted molar refractivity (Wildman–Crippen MR) is 142 cm³/mol. The second-order valence-corrected chi connectivity index (χ2v) is 11.0. The summed E-state index contributed by atoms with van der Waals surface area (Å²) in [4.78, 5) is 39.0. The number of hydrogen-bond acceptors (Lipinski definition) is 7. The average molecular weight is 498 g/mol. The predicted octanol–water partition coefficient (Wildman–Crippen LogP) is 3.68. The summed E-state index contributed by atoms with van der Waals surface area (Å²) in [7, 11) is 0. The van der Waals surface area contributed by atoms with Gasteiger partial charge in [-0.15, -0.1) is 0 Å². The van der Waals surface area contributed by atoms with Crippen molar-refractivity contribution in [2.24, 2.45) is 0 Å². The topological polar surface area (TPSA) is 61.2 Å². The van der Waals surface area contributed by atoms with Crippen LogP contribution in [0.1, 0.15) is 50.2 Å². The number of aryl methyl sites for hydroxylation is 1. The zero-order valence-electron chi connectivity index (χ0n) is 19.8. The molecule has 3 aliphatic rings. The lowest BCUT2D eigenvalue weighted by Crippen LogP contribution is -2.47. The zero-order valence-corrected chi connectivity index (χ0v) is 21.5. The number of aromatic nitrogens is 2. The molecule has 0 radical (unpaired) electrons. The molecule has 2 aromatic rings. The second-order valence-electron chi connectivity index (χ2n) is 9.30. The van der Waals surface area contributed by atoms with E-state index in [9.17, 15) is 9.59 Å². The maximum atomic E-state index is 13.7. The molecule has 1 saturated carbocycles. The van der Waals surface area contributed by atoms with E-state index in [1.54, 1.807) is 21.6 Å². The van der Waals surface area contributed by atoms with E-state index in [0.29, 0.717) is 26.3 Å². The molecule has 0 N–H and O–H groups in total. The number of amides is 1. The summed E-state index contributed by atoms with van der Waals surface area (Å²) in [5.74, 6) is 0.593. The van der Waals surface area contributed by atoms with Crippen LogP contribution in [-0.4, -0.2) is 68.2 Å². The number of nitrogens with zero attached hydrogens (tertiary/aromatic N) is 5. The van der Waals surface area contributed by atoms with Crippen LogP contribution in [-0.2, 0) is 4.79 Å². The maximum absolute atomic E-state index is 13.7. The Morgan fingerprint density at radius 3 is 2.59 bits per heavy atom. The van der Waals surface area contributed by atoms with Crippen molar-refractivity contribution in [3.8, 4) is 0 Å². The van der Waals surface area contributed by atoms with Crippen LogP contribution in [0.15, 0.2) is 28.0 Å². The molecular weight excluding hydrogens is 466 g/mol. The Hall–Kier alpha value is -2.23. The number of thioether (sulfide) groups is 1. The molecule has 0 bridgehead atoms. The van der Waals surface area contributed by atoms with Gasteiger partial charge in [-0.05, 0) is 44.0 Å². The third-order valence-corrected chi connectivity index (χ3v) is 8.55. The van der Waals surface area contributed by atoms with Crippen molar-refractivity contribution in [1.29, 1.82) is 0 Å². The molecule has 7 nitrogen and oxygen atoms in total. The summed E-state index contributed by atoms with van der Waals surface area (Å²) >= 11 is 6.93. The van der Waals surface area contributed by atoms with Gasteiger partial charge in [-0.1, -0.05) is 56.2 Å². The van der Waals surface area contributed by atoms with Gasteiger partial charge in [0.15, 0.2) is 0 Å². The van der Waals surface area contributed by atoms with Gasteiger partial charge in [0.05, 0.1) is 10.5 Å². The Morgan fingerprint density at radius 2 is 1.88 bits per heavy atom. The van der Waals surface area contributed by atoms with Crippen LogP contribution in [0.4, 0.5) is 5.82 Å². The van der Waals surface area contributed by atoms with Crippen molar-refractivity contribution >= 4 is 51.7 Å². The first-order chi connectivity index (χ1) is 16.5. The fraction of sp³-hybridized carbons (Fsp3) is 0.520. The fourth-order valence-corrected chi connectivity index (χ4v) is 6.59. The van der Waals surface area contributed by atoms with Crippen molar-refractivity contribution < 1.29 is 4.79 Å². The molecule has 2 aromatic heterocycles. The third kappa shape index (κ3) is 4.29. The van der Waals surface area contributed by atoms with Gasteiger partial charge in [0, 0.05) is 38.4 Å². The smallest absolute Gasteiger partial charge is 0.267 e. The minimum Gasteiger partial charge on any atom is -0.353 e. The standard InChI is InChI=1S/C25H31N5O2S2/c1-3-27-12-14-28(15-13-27)22-19(23(31)29-11-7-8-17(2)21(29)26-22)16-20-24(32)30(25(33)34-20)18-9-5-4-6-10-18/h7-8,11,16,18H,3-6,9-10,12-15H2,1-2H3/b20-16-. The monoisotopic (exact) mass is 497 g/mol. The first kappa shape index (κ1) is 23.5. The van der Waals surface area contributed by atoms with Gasteiger partial charge in [-0.25, -0.2) is 4.98 Å². The highest BCUT2D eigenvalue weighted by atomic mass is 32.2. The summed E-state index contributed by atoms with van der Waals surface area (Å²) in [6.45, 7) is 8.59. The summed E-state index contributed by atoms with van der Waals surface area (Å²) in [5, 5.41) is 0. The molecule has 180 valence electrons. The number of likely N-dealkylation sites (N-methyl/N-ethyl adjacent to an activating group) is 1. The average Bonchev–Trinajstić information content (AvgIpc) is 3.14. The van der Waals surface area contributed by atoms with Gasteiger partial charge in [-0.3, -0.25) is 18.9 Å². The minimum absolute atomic E-state index is 0.0719. The Labute approximate surface area is 209 Å². The molecule has 0 unspecified atom stereocenters. The fourth-order valence-electron chi connectivity index (χ4n) is 5.21. The van der Waals surface area contributed by atoms with Crippen molar-refractivity contribution in [1.82, 2.24) is 19.2 Å². The van der Waals surface area contributed by atoms with Crippen LogP contribution in [0.25, 0.3) is 11.7 Å². The van der Waals surface area contributed by atoms with E-state index in [-0.39, 0.29) is 17.5 Å². The minimum atomic E-state index is -0.149. The summed E-state index contributed by atoms with van der Waals surface area (Å²) in [6.07, 6.45) is 8.95. The zero-order chi connectivity index (χ0) is 23.8. The van der Waals surface area contributed by atoms with Crippen LogP contribution in [0.2, 0.25) is 0 Å². The van der Waals surface area contributed by atoms with Gasteiger partial charge in [0.25, 0.3) is 11.5 Å². The number of piperazine rings is 1. The van der Waals surface area contributed by atoms with E-state index < -0.39 is 0 Å². The highest BCUT2D eigenvalue weighted by Gasteiger charge is 2.38. The molecule has 0 spiro atoms. The number of anilines is 1. The van der Waals surface area contributed by atoms with E-state index in [4.69, 9.17) is 17.2 Å². The first-order valence-corrected chi connectivity index (χ1v) is 13.5. The molecule has 34 heavy (non-hydrogen) atoms. The number of pyridine rings is 1. The SMILES string of the molecule is CCN1CCN(c2nc3c(C)cccn3c(=O)c2/C=C2\SC(=S)N(C3CCCCC3)C2=O)CC1. The number of hydrogen-bond donors (Lipinski definition) is 0. The molecule has 4 heterocycles.